The first kappa shape index (κ1) is 18.4. The van der Waals surface area contributed by atoms with E-state index in [1.807, 2.05) is 48.8 Å². The van der Waals surface area contributed by atoms with Crippen LogP contribution in [0.25, 0.3) is 0 Å². The van der Waals surface area contributed by atoms with Gasteiger partial charge < -0.3 is 20.1 Å². The van der Waals surface area contributed by atoms with E-state index in [4.69, 9.17) is 23.2 Å². The number of guanidine groups is 1. The molecule has 6 nitrogen and oxygen atoms in total. The summed E-state index contributed by atoms with van der Waals surface area (Å²) < 4.78 is 1.84. The number of pyridine rings is 1. The fourth-order valence-corrected chi connectivity index (χ4v) is 2.57. The van der Waals surface area contributed by atoms with Crippen LogP contribution in [0.15, 0.2) is 29.4 Å². The van der Waals surface area contributed by atoms with E-state index in [-0.39, 0.29) is 0 Å². The highest BCUT2D eigenvalue weighted by atomic mass is 35.5. The summed E-state index contributed by atoms with van der Waals surface area (Å²) in [7, 11) is 7.55. The van der Waals surface area contributed by atoms with Crippen LogP contribution in [0.3, 0.4) is 0 Å². The molecule has 0 saturated heterocycles. The molecule has 2 aromatic heterocycles. The number of hydrogen-bond donors (Lipinski definition) is 2. The zero-order valence-electron chi connectivity index (χ0n) is 14.3. The Bertz CT molecular complexity index is 723. The van der Waals surface area contributed by atoms with Crippen LogP contribution in [-0.4, -0.2) is 36.7 Å². The van der Waals surface area contributed by atoms with Gasteiger partial charge in [0, 0.05) is 46.6 Å². The van der Waals surface area contributed by atoms with Crippen molar-refractivity contribution >= 4 is 35.0 Å². The van der Waals surface area contributed by atoms with E-state index in [1.54, 1.807) is 13.2 Å². The standard InChI is InChI=1S/C16H22Cl2N6/c1-19-16(22-10-12-8-13(17)15(18)24(12)4)21-9-11-5-6-20-14(7-11)23(2)3/h5-8H,9-10H2,1-4H3,(H2,19,21,22). The normalized spacial score (nSPS) is 11.5. The molecule has 0 unspecified atom stereocenters. The Morgan fingerprint density at radius 1 is 1.25 bits per heavy atom. The lowest BCUT2D eigenvalue weighted by molar-refractivity contribution is 0.750. The molecule has 0 aliphatic rings. The first-order chi connectivity index (χ1) is 11.4. The molecule has 0 bridgehead atoms. The van der Waals surface area contributed by atoms with Crippen LogP contribution in [0.4, 0.5) is 5.82 Å². The third-order valence-electron chi connectivity index (χ3n) is 3.60. The van der Waals surface area contributed by atoms with Crippen molar-refractivity contribution in [2.45, 2.75) is 13.1 Å². The maximum absolute atomic E-state index is 6.08. The number of aromatic nitrogens is 2. The van der Waals surface area contributed by atoms with E-state index in [0.29, 0.717) is 29.2 Å². The van der Waals surface area contributed by atoms with Gasteiger partial charge in [-0.3, -0.25) is 4.99 Å². The number of hydrogen-bond acceptors (Lipinski definition) is 3. The van der Waals surface area contributed by atoms with E-state index >= 15 is 0 Å². The second kappa shape index (κ2) is 8.26. The molecule has 2 heterocycles. The average molecular weight is 369 g/mol. The molecule has 2 aromatic rings. The lowest BCUT2D eigenvalue weighted by Crippen LogP contribution is -2.36. The Labute approximate surface area is 152 Å². The molecule has 0 radical (unpaired) electrons. The Balaban J connectivity index is 1.93. The summed E-state index contributed by atoms with van der Waals surface area (Å²) in [4.78, 5) is 10.5. The second-order valence-electron chi connectivity index (χ2n) is 5.53. The highest BCUT2D eigenvalue weighted by molar-refractivity contribution is 6.41. The zero-order valence-corrected chi connectivity index (χ0v) is 15.8. The molecule has 0 saturated carbocycles. The van der Waals surface area contributed by atoms with Gasteiger partial charge >= 0.3 is 0 Å². The minimum absolute atomic E-state index is 0.532. The lowest BCUT2D eigenvalue weighted by atomic mass is 10.2. The lowest BCUT2D eigenvalue weighted by Gasteiger charge is -2.14. The van der Waals surface area contributed by atoms with Crippen LogP contribution >= 0.6 is 23.2 Å². The molecule has 0 atom stereocenters. The van der Waals surface area contributed by atoms with Crippen molar-refractivity contribution in [2.24, 2.45) is 12.0 Å². The fourth-order valence-electron chi connectivity index (χ4n) is 2.15. The molecule has 130 valence electrons. The third kappa shape index (κ3) is 4.55. The molecule has 8 heteroatoms. The Hall–Kier alpha value is -1.92. The van der Waals surface area contributed by atoms with Gasteiger partial charge in [0.05, 0.1) is 11.6 Å². The van der Waals surface area contributed by atoms with Crippen LogP contribution < -0.4 is 15.5 Å². The average Bonchev–Trinajstić information content (AvgIpc) is 2.82. The molecule has 0 amide bonds. The predicted octanol–water partition coefficient (Wildman–Crippen LogP) is 2.66. The van der Waals surface area contributed by atoms with Gasteiger partial charge in [0.25, 0.3) is 0 Å². The maximum atomic E-state index is 6.08. The van der Waals surface area contributed by atoms with Crippen molar-refractivity contribution < 1.29 is 0 Å². The van der Waals surface area contributed by atoms with Gasteiger partial charge in [-0.15, -0.1) is 0 Å². The van der Waals surface area contributed by atoms with E-state index in [9.17, 15) is 0 Å². The summed E-state index contributed by atoms with van der Waals surface area (Å²) in [5.41, 5.74) is 2.10. The largest absolute Gasteiger partial charge is 0.363 e. The molecule has 0 aliphatic heterocycles. The Morgan fingerprint density at radius 3 is 2.54 bits per heavy atom. The van der Waals surface area contributed by atoms with E-state index in [1.165, 1.54) is 0 Å². The summed E-state index contributed by atoms with van der Waals surface area (Å²) in [5, 5.41) is 7.61. The predicted molar refractivity (Wildman–Crippen MR) is 101 cm³/mol. The summed E-state index contributed by atoms with van der Waals surface area (Å²) in [5.74, 6) is 1.62. The molecule has 2 N–H and O–H groups in total. The number of nitrogens with one attached hydrogen (secondary N) is 2. The van der Waals surface area contributed by atoms with Gasteiger partial charge in [0.15, 0.2) is 5.96 Å². The minimum Gasteiger partial charge on any atom is -0.363 e. The number of aliphatic imine (C=N–C) groups is 1. The summed E-state index contributed by atoms with van der Waals surface area (Å²) in [6.45, 7) is 1.22. The molecule has 0 aliphatic carbocycles. The summed E-state index contributed by atoms with van der Waals surface area (Å²) in [6.07, 6.45) is 1.80. The van der Waals surface area contributed by atoms with Crippen molar-refractivity contribution in [2.75, 3.05) is 26.0 Å². The van der Waals surface area contributed by atoms with Crippen LogP contribution in [-0.2, 0) is 20.1 Å². The highest BCUT2D eigenvalue weighted by Crippen LogP contribution is 2.24. The van der Waals surface area contributed by atoms with E-state index < -0.39 is 0 Å². The summed E-state index contributed by atoms with van der Waals surface area (Å²) >= 11 is 12.1. The molecule has 2 rings (SSSR count). The van der Waals surface area contributed by atoms with Crippen LogP contribution in [0.5, 0.6) is 0 Å². The van der Waals surface area contributed by atoms with Crippen LogP contribution in [0.2, 0.25) is 10.2 Å². The van der Waals surface area contributed by atoms with E-state index in [2.05, 4.69) is 20.6 Å². The Kier molecular flexibility index (Phi) is 6.34. The molecule has 0 spiro atoms. The number of nitrogens with zero attached hydrogens (tertiary/aromatic N) is 4. The molecule has 24 heavy (non-hydrogen) atoms. The van der Waals surface area contributed by atoms with E-state index in [0.717, 1.165) is 17.1 Å². The topological polar surface area (TPSA) is 57.5 Å². The maximum Gasteiger partial charge on any atom is 0.191 e. The quantitative estimate of drug-likeness (QED) is 0.629. The molecule has 0 aromatic carbocycles. The van der Waals surface area contributed by atoms with Gasteiger partial charge in [-0.2, -0.15) is 0 Å². The Morgan fingerprint density at radius 2 is 1.96 bits per heavy atom. The number of rotatable bonds is 5. The first-order valence-corrected chi connectivity index (χ1v) is 8.24. The van der Waals surface area contributed by atoms with Crippen molar-refractivity contribution in [1.82, 2.24) is 20.2 Å². The monoisotopic (exact) mass is 368 g/mol. The third-order valence-corrected chi connectivity index (χ3v) is 4.45. The van der Waals surface area contributed by atoms with Gasteiger partial charge in [0.1, 0.15) is 11.0 Å². The zero-order chi connectivity index (χ0) is 17.7. The van der Waals surface area contributed by atoms with Gasteiger partial charge in [-0.1, -0.05) is 23.2 Å². The highest BCUT2D eigenvalue weighted by Gasteiger charge is 2.09. The van der Waals surface area contributed by atoms with Crippen molar-refractivity contribution in [3.63, 3.8) is 0 Å². The number of halogens is 2. The first-order valence-electron chi connectivity index (χ1n) is 7.48. The smallest absolute Gasteiger partial charge is 0.191 e. The van der Waals surface area contributed by atoms with Gasteiger partial charge in [-0.05, 0) is 23.8 Å². The molecular formula is C16H22Cl2N6. The summed E-state index contributed by atoms with van der Waals surface area (Å²) in [6, 6.07) is 5.86. The minimum atomic E-state index is 0.532. The van der Waals surface area contributed by atoms with Crippen LogP contribution in [0, 0.1) is 0 Å². The molecule has 0 fully saturated rings. The van der Waals surface area contributed by atoms with Crippen molar-refractivity contribution in [1.29, 1.82) is 0 Å². The second-order valence-corrected chi connectivity index (χ2v) is 6.29. The van der Waals surface area contributed by atoms with Gasteiger partial charge in [-0.25, -0.2) is 4.98 Å². The van der Waals surface area contributed by atoms with Crippen molar-refractivity contribution in [3.05, 3.63) is 45.8 Å². The fraction of sp³-hybridized carbons (Fsp3) is 0.375. The van der Waals surface area contributed by atoms with Gasteiger partial charge in [0.2, 0.25) is 0 Å². The SMILES string of the molecule is CN=C(NCc1ccnc(N(C)C)c1)NCc1cc(Cl)c(Cl)n1C. The molecular weight excluding hydrogens is 347 g/mol. The van der Waals surface area contributed by atoms with Crippen LogP contribution in [0.1, 0.15) is 11.3 Å². The van der Waals surface area contributed by atoms with Crippen molar-refractivity contribution in [3.8, 4) is 0 Å². The number of anilines is 1.